The molecule has 0 unspecified atom stereocenters. The molecule has 0 bridgehead atoms. The van der Waals surface area contributed by atoms with Crippen molar-refractivity contribution in [2.45, 2.75) is 0 Å². The van der Waals surface area contributed by atoms with E-state index in [0.717, 1.165) is 11.4 Å². The molecule has 3 rings (SSSR count). The number of halogens is 1. The molecule has 0 radical (unpaired) electrons. The van der Waals surface area contributed by atoms with Crippen LogP contribution in [0.5, 0.6) is 5.75 Å². The number of benzene rings is 2. The lowest BCUT2D eigenvalue weighted by Gasteiger charge is -2.38. The van der Waals surface area contributed by atoms with E-state index in [9.17, 15) is 9.59 Å². The van der Waals surface area contributed by atoms with Crippen molar-refractivity contribution in [1.82, 2.24) is 10.2 Å². The lowest BCUT2D eigenvalue weighted by Crippen LogP contribution is -2.53. The fourth-order valence-corrected chi connectivity index (χ4v) is 2.75. The van der Waals surface area contributed by atoms with Crippen LogP contribution in [0.1, 0.15) is 0 Å². The molecule has 1 aliphatic rings. The standard InChI is InChI=1S/C19H21ClN4O3/c1-21-18(25)22-15-6-8-17(9-7-15)27-12-13-10-24(11-13)19(26)23-16-4-2-14(20)3-5-16/h2-9,13H,10-12H2,1H3,(H,23,26)(H2,21,22,25). The molecule has 0 saturated carbocycles. The number of ether oxygens (including phenoxy) is 1. The summed E-state index contributed by atoms with van der Waals surface area (Å²) < 4.78 is 5.75. The highest BCUT2D eigenvalue weighted by Crippen LogP contribution is 2.21. The Bertz CT molecular complexity index is 790. The summed E-state index contributed by atoms with van der Waals surface area (Å²) >= 11 is 5.83. The zero-order valence-corrected chi connectivity index (χ0v) is 15.6. The molecular weight excluding hydrogens is 368 g/mol. The maximum absolute atomic E-state index is 12.2. The highest BCUT2D eigenvalue weighted by atomic mass is 35.5. The fraction of sp³-hybridized carbons (Fsp3) is 0.263. The Morgan fingerprint density at radius 1 is 1.04 bits per heavy atom. The first kappa shape index (κ1) is 18.8. The Hall–Kier alpha value is -2.93. The van der Waals surface area contributed by atoms with Gasteiger partial charge in [-0.3, -0.25) is 0 Å². The van der Waals surface area contributed by atoms with Gasteiger partial charge in [0.1, 0.15) is 5.75 Å². The molecule has 27 heavy (non-hydrogen) atoms. The number of hydrogen-bond donors (Lipinski definition) is 3. The number of nitrogens with one attached hydrogen (secondary N) is 3. The fourth-order valence-electron chi connectivity index (χ4n) is 2.62. The summed E-state index contributed by atoms with van der Waals surface area (Å²) in [5.41, 5.74) is 1.41. The van der Waals surface area contributed by atoms with Gasteiger partial charge in [-0.15, -0.1) is 0 Å². The third kappa shape index (κ3) is 5.27. The third-order valence-corrected chi connectivity index (χ3v) is 4.42. The van der Waals surface area contributed by atoms with Crippen LogP contribution in [-0.2, 0) is 0 Å². The molecule has 2 aromatic carbocycles. The SMILES string of the molecule is CNC(=O)Nc1ccc(OCC2CN(C(=O)Nc3ccc(Cl)cc3)C2)cc1. The van der Waals surface area contributed by atoms with Crippen molar-refractivity contribution in [3.05, 3.63) is 53.6 Å². The number of rotatable bonds is 5. The van der Waals surface area contributed by atoms with Crippen molar-refractivity contribution < 1.29 is 14.3 Å². The van der Waals surface area contributed by atoms with E-state index in [2.05, 4.69) is 16.0 Å². The van der Waals surface area contributed by atoms with Gasteiger partial charge in [0, 0.05) is 42.5 Å². The zero-order valence-electron chi connectivity index (χ0n) is 14.9. The average Bonchev–Trinajstić information content (AvgIpc) is 2.63. The molecule has 0 aromatic heterocycles. The summed E-state index contributed by atoms with van der Waals surface area (Å²) in [6.45, 7) is 1.83. The second kappa shape index (κ2) is 8.64. The minimum Gasteiger partial charge on any atom is -0.493 e. The molecule has 7 nitrogen and oxygen atoms in total. The molecule has 8 heteroatoms. The largest absolute Gasteiger partial charge is 0.493 e. The molecular formula is C19H21ClN4O3. The number of likely N-dealkylation sites (tertiary alicyclic amines) is 1. The molecule has 2 aromatic rings. The van der Waals surface area contributed by atoms with E-state index in [1.807, 2.05) is 0 Å². The van der Waals surface area contributed by atoms with Gasteiger partial charge in [0.25, 0.3) is 0 Å². The van der Waals surface area contributed by atoms with Crippen LogP contribution in [0.15, 0.2) is 48.5 Å². The average molecular weight is 389 g/mol. The van der Waals surface area contributed by atoms with Crippen molar-refractivity contribution in [3.63, 3.8) is 0 Å². The Morgan fingerprint density at radius 2 is 1.63 bits per heavy atom. The Morgan fingerprint density at radius 3 is 2.26 bits per heavy atom. The second-order valence-corrected chi connectivity index (χ2v) is 6.68. The number of hydrogen-bond acceptors (Lipinski definition) is 3. The van der Waals surface area contributed by atoms with Gasteiger partial charge in [0.15, 0.2) is 0 Å². The minimum atomic E-state index is -0.268. The predicted octanol–water partition coefficient (Wildman–Crippen LogP) is 3.63. The molecule has 4 amide bonds. The Labute approximate surface area is 162 Å². The highest BCUT2D eigenvalue weighted by molar-refractivity contribution is 6.30. The summed E-state index contributed by atoms with van der Waals surface area (Å²) in [4.78, 5) is 25.1. The zero-order chi connectivity index (χ0) is 19.2. The second-order valence-electron chi connectivity index (χ2n) is 6.25. The number of nitrogens with zero attached hydrogens (tertiary/aromatic N) is 1. The maximum Gasteiger partial charge on any atom is 0.321 e. The molecule has 0 aliphatic carbocycles. The smallest absolute Gasteiger partial charge is 0.321 e. The predicted molar refractivity (Wildman–Crippen MR) is 106 cm³/mol. The number of anilines is 2. The molecule has 3 N–H and O–H groups in total. The van der Waals surface area contributed by atoms with Crippen molar-refractivity contribution >= 4 is 35.0 Å². The summed E-state index contributed by atoms with van der Waals surface area (Å²) in [6.07, 6.45) is 0. The van der Waals surface area contributed by atoms with Crippen molar-refractivity contribution in [2.75, 3.05) is 37.4 Å². The number of carbonyl (C=O) groups excluding carboxylic acids is 2. The monoisotopic (exact) mass is 388 g/mol. The number of amides is 4. The quantitative estimate of drug-likeness (QED) is 0.731. The first-order valence-electron chi connectivity index (χ1n) is 8.56. The van der Waals surface area contributed by atoms with Gasteiger partial charge in [-0.2, -0.15) is 0 Å². The number of carbonyl (C=O) groups is 2. The minimum absolute atomic E-state index is 0.127. The summed E-state index contributed by atoms with van der Waals surface area (Å²) in [7, 11) is 1.56. The van der Waals surface area contributed by atoms with E-state index in [1.165, 1.54) is 0 Å². The topological polar surface area (TPSA) is 82.7 Å². The van der Waals surface area contributed by atoms with Crippen LogP contribution < -0.4 is 20.7 Å². The van der Waals surface area contributed by atoms with Crippen LogP contribution in [0.25, 0.3) is 0 Å². The van der Waals surface area contributed by atoms with Gasteiger partial charge < -0.3 is 25.6 Å². The van der Waals surface area contributed by atoms with Gasteiger partial charge in [-0.1, -0.05) is 11.6 Å². The van der Waals surface area contributed by atoms with E-state index in [4.69, 9.17) is 16.3 Å². The van der Waals surface area contributed by atoms with Crippen LogP contribution >= 0.6 is 11.6 Å². The van der Waals surface area contributed by atoms with E-state index in [-0.39, 0.29) is 12.1 Å². The van der Waals surface area contributed by atoms with Crippen LogP contribution in [0.4, 0.5) is 21.0 Å². The van der Waals surface area contributed by atoms with Crippen molar-refractivity contribution in [3.8, 4) is 5.75 Å². The van der Waals surface area contributed by atoms with E-state index in [0.29, 0.717) is 36.3 Å². The van der Waals surface area contributed by atoms with E-state index < -0.39 is 0 Å². The molecule has 1 fully saturated rings. The van der Waals surface area contributed by atoms with Gasteiger partial charge in [0.2, 0.25) is 0 Å². The van der Waals surface area contributed by atoms with Crippen LogP contribution in [0, 0.1) is 5.92 Å². The molecule has 0 spiro atoms. The van der Waals surface area contributed by atoms with Crippen molar-refractivity contribution in [1.29, 1.82) is 0 Å². The van der Waals surface area contributed by atoms with Crippen LogP contribution in [0.2, 0.25) is 5.02 Å². The Balaban J connectivity index is 1.38. The molecule has 1 heterocycles. The Kier molecular flexibility index (Phi) is 6.03. The summed E-state index contributed by atoms with van der Waals surface area (Å²) in [5.74, 6) is 1.02. The third-order valence-electron chi connectivity index (χ3n) is 4.16. The maximum atomic E-state index is 12.2. The van der Waals surface area contributed by atoms with Gasteiger partial charge in [0.05, 0.1) is 6.61 Å². The van der Waals surface area contributed by atoms with Gasteiger partial charge in [-0.25, -0.2) is 9.59 Å². The summed E-state index contributed by atoms with van der Waals surface area (Å²) in [6, 6.07) is 13.8. The normalized spacial score (nSPS) is 13.5. The summed E-state index contributed by atoms with van der Waals surface area (Å²) in [5, 5.41) is 8.64. The molecule has 142 valence electrons. The van der Waals surface area contributed by atoms with Gasteiger partial charge in [-0.05, 0) is 48.5 Å². The molecule has 1 saturated heterocycles. The number of urea groups is 2. The highest BCUT2D eigenvalue weighted by Gasteiger charge is 2.31. The molecule has 1 aliphatic heterocycles. The molecule has 0 atom stereocenters. The lowest BCUT2D eigenvalue weighted by molar-refractivity contribution is 0.0925. The van der Waals surface area contributed by atoms with Crippen LogP contribution in [-0.4, -0.2) is 43.7 Å². The van der Waals surface area contributed by atoms with E-state index in [1.54, 1.807) is 60.5 Å². The van der Waals surface area contributed by atoms with Gasteiger partial charge >= 0.3 is 12.1 Å². The van der Waals surface area contributed by atoms with E-state index >= 15 is 0 Å². The first-order chi connectivity index (χ1) is 13.0. The lowest BCUT2D eigenvalue weighted by atomic mass is 10.0. The van der Waals surface area contributed by atoms with Crippen LogP contribution in [0.3, 0.4) is 0 Å². The van der Waals surface area contributed by atoms with Crippen molar-refractivity contribution in [2.24, 2.45) is 5.92 Å². The first-order valence-corrected chi connectivity index (χ1v) is 8.94.